The summed E-state index contributed by atoms with van der Waals surface area (Å²) >= 11 is 0. The summed E-state index contributed by atoms with van der Waals surface area (Å²) in [5, 5.41) is 21.8. The summed E-state index contributed by atoms with van der Waals surface area (Å²) in [6, 6.07) is 8.98. The van der Waals surface area contributed by atoms with Crippen molar-refractivity contribution in [3.8, 4) is 17.3 Å². The largest absolute Gasteiger partial charge is 0.460 e. The van der Waals surface area contributed by atoms with Gasteiger partial charge in [0.05, 0.1) is 29.6 Å². The van der Waals surface area contributed by atoms with Gasteiger partial charge in [-0.1, -0.05) is 12.1 Å². The van der Waals surface area contributed by atoms with Crippen molar-refractivity contribution >= 4 is 23.4 Å². The number of carbonyl (C=O) groups is 1. The van der Waals surface area contributed by atoms with E-state index in [0.29, 0.717) is 36.7 Å². The number of hydrogen-bond acceptors (Lipinski definition) is 8. The fraction of sp³-hybridized carbons (Fsp3) is 0.360. The van der Waals surface area contributed by atoms with Crippen LogP contribution in [0.5, 0.6) is 6.01 Å². The Morgan fingerprint density at radius 1 is 1.21 bits per heavy atom. The van der Waals surface area contributed by atoms with Crippen LogP contribution < -0.4 is 19.9 Å². The third-order valence-corrected chi connectivity index (χ3v) is 6.38. The molecule has 10 nitrogen and oxygen atoms in total. The first-order valence-electron chi connectivity index (χ1n) is 11.9. The van der Waals surface area contributed by atoms with Crippen molar-refractivity contribution in [3.63, 3.8) is 0 Å². The Morgan fingerprint density at radius 3 is 2.79 bits per heavy atom. The molecule has 2 aliphatic rings. The summed E-state index contributed by atoms with van der Waals surface area (Å²) in [6.07, 6.45) is -2.43. The molecule has 1 aromatic carbocycles. The molecule has 0 spiro atoms. The van der Waals surface area contributed by atoms with Gasteiger partial charge < -0.3 is 19.8 Å². The van der Waals surface area contributed by atoms with E-state index in [1.807, 2.05) is 0 Å². The molecule has 38 heavy (non-hydrogen) atoms. The molecule has 2 amide bonds. The number of nitrogens with one attached hydrogen (secondary N) is 1. The molecule has 4 heterocycles. The first-order valence-corrected chi connectivity index (χ1v) is 11.9. The first-order chi connectivity index (χ1) is 18.0. The van der Waals surface area contributed by atoms with Crippen LogP contribution in [0.15, 0.2) is 48.7 Å². The van der Waals surface area contributed by atoms with Gasteiger partial charge in [-0.15, -0.1) is 0 Å². The van der Waals surface area contributed by atoms with Crippen LogP contribution >= 0.6 is 0 Å². The summed E-state index contributed by atoms with van der Waals surface area (Å²) in [6.45, 7) is 1.91. The molecule has 0 radical (unpaired) electrons. The highest BCUT2D eigenvalue weighted by molar-refractivity contribution is 6.04. The van der Waals surface area contributed by atoms with E-state index in [1.54, 1.807) is 18.2 Å². The molecule has 2 atom stereocenters. The maximum Gasteiger partial charge on any atom is 0.416 e. The Bertz CT molecular complexity index is 1350. The number of anilines is 3. The van der Waals surface area contributed by atoms with Gasteiger partial charge in [0.2, 0.25) is 0 Å². The third-order valence-electron chi connectivity index (χ3n) is 6.38. The Kier molecular flexibility index (Phi) is 6.57. The molecule has 2 aliphatic heterocycles. The fourth-order valence-electron chi connectivity index (χ4n) is 4.40. The van der Waals surface area contributed by atoms with E-state index in [2.05, 4.69) is 25.2 Å². The summed E-state index contributed by atoms with van der Waals surface area (Å²) in [4.78, 5) is 29.8. The number of alkyl halides is 3. The van der Waals surface area contributed by atoms with Gasteiger partial charge in [-0.25, -0.2) is 14.8 Å². The van der Waals surface area contributed by atoms with Gasteiger partial charge in [-0.2, -0.15) is 18.2 Å². The van der Waals surface area contributed by atoms with Crippen molar-refractivity contribution < 1.29 is 32.9 Å². The van der Waals surface area contributed by atoms with E-state index in [0.717, 1.165) is 12.1 Å². The van der Waals surface area contributed by atoms with Crippen LogP contribution in [0, 0.1) is 0 Å². The number of rotatable bonds is 6. The van der Waals surface area contributed by atoms with E-state index in [1.165, 1.54) is 30.2 Å². The lowest BCUT2D eigenvalue weighted by atomic mass is 10.1. The molecular formula is C25H25F3N6O4. The van der Waals surface area contributed by atoms with Gasteiger partial charge in [0.15, 0.2) is 5.82 Å². The summed E-state index contributed by atoms with van der Waals surface area (Å²) in [7, 11) is 0. The second kappa shape index (κ2) is 9.72. The number of halogens is 3. The number of aromatic nitrogens is 3. The number of pyridine rings is 1. The number of carbonyl (C=O) groups excluding carboxylic acids is 1. The minimum absolute atomic E-state index is 0.104. The minimum atomic E-state index is -4.49. The standard InChI is InChI=1S/C25H25F3N6O4/c1-24(37,13-35)14-38-22-29-9-7-20(31-22)32-23(36)34-17-8-10-33(12-17)19-6-5-18(30-21(19)34)15-3-2-4-16(11-15)25(26,27)28/h2-7,9,11,17,35,37H,8,10,12-14H2,1H3,(H,29,31,32,36)/t17-,24-/m0/s1. The highest BCUT2D eigenvalue weighted by Crippen LogP contribution is 2.41. The predicted molar refractivity (Wildman–Crippen MR) is 132 cm³/mol. The smallest absolute Gasteiger partial charge is 0.416 e. The predicted octanol–water partition coefficient (Wildman–Crippen LogP) is 3.31. The molecule has 1 saturated heterocycles. The summed E-state index contributed by atoms with van der Waals surface area (Å²) < 4.78 is 45.1. The Balaban J connectivity index is 1.42. The van der Waals surface area contributed by atoms with Crippen molar-refractivity contribution in [2.75, 3.05) is 41.4 Å². The summed E-state index contributed by atoms with van der Waals surface area (Å²) in [5.41, 5.74) is -0.967. The number of benzene rings is 1. The molecular weight excluding hydrogens is 505 g/mol. The van der Waals surface area contributed by atoms with E-state index >= 15 is 0 Å². The molecule has 2 bridgehead atoms. The lowest BCUT2D eigenvalue weighted by Gasteiger charge is -2.35. The fourth-order valence-corrected chi connectivity index (χ4v) is 4.40. The van der Waals surface area contributed by atoms with Gasteiger partial charge in [0, 0.05) is 24.8 Å². The second-order valence-corrected chi connectivity index (χ2v) is 9.47. The SMILES string of the molecule is C[C@](O)(CO)COc1nccc(NC(=O)N2c3nc(-c4cccc(C(F)(F)F)c4)ccc3N3CC[C@H]2C3)n1. The number of fused-ring (bicyclic) bond motifs is 4. The van der Waals surface area contributed by atoms with Gasteiger partial charge in [-0.3, -0.25) is 10.2 Å². The number of hydrogen-bond donors (Lipinski definition) is 3. The molecule has 0 aliphatic carbocycles. The average molecular weight is 531 g/mol. The lowest BCUT2D eigenvalue weighted by Crippen LogP contribution is -2.48. The van der Waals surface area contributed by atoms with Gasteiger partial charge in [-0.05, 0) is 43.7 Å². The molecule has 3 aromatic rings. The zero-order chi connectivity index (χ0) is 27.1. The molecule has 200 valence electrons. The van der Waals surface area contributed by atoms with E-state index < -0.39 is 30.0 Å². The normalized spacial score (nSPS) is 18.1. The van der Waals surface area contributed by atoms with Crippen molar-refractivity contribution in [1.82, 2.24) is 15.0 Å². The maximum absolute atomic E-state index is 13.5. The number of aliphatic hydroxyl groups is 2. The second-order valence-electron chi connectivity index (χ2n) is 9.47. The van der Waals surface area contributed by atoms with Crippen LogP contribution in [-0.4, -0.2) is 69.1 Å². The Hall–Kier alpha value is -3.97. The van der Waals surface area contributed by atoms with Gasteiger partial charge in [0.25, 0.3) is 0 Å². The Labute approximate surface area is 215 Å². The summed E-state index contributed by atoms with van der Waals surface area (Å²) in [5.74, 6) is 0.482. The third kappa shape index (κ3) is 5.20. The highest BCUT2D eigenvalue weighted by Gasteiger charge is 2.40. The number of urea groups is 1. The van der Waals surface area contributed by atoms with E-state index in [9.17, 15) is 28.2 Å². The Morgan fingerprint density at radius 2 is 2.03 bits per heavy atom. The zero-order valence-corrected chi connectivity index (χ0v) is 20.3. The number of ether oxygens (including phenoxy) is 1. The minimum Gasteiger partial charge on any atom is -0.460 e. The van der Waals surface area contributed by atoms with Crippen LogP contribution in [0.2, 0.25) is 0 Å². The van der Waals surface area contributed by atoms with E-state index in [4.69, 9.17) is 4.74 Å². The van der Waals surface area contributed by atoms with Gasteiger partial charge in [0.1, 0.15) is 18.0 Å². The monoisotopic (exact) mass is 530 g/mol. The highest BCUT2D eigenvalue weighted by atomic mass is 19.4. The van der Waals surface area contributed by atoms with Crippen molar-refractivity contribution in [2.45, 2.75) is 31.2 Å². The molecule has 3 N–H and O–H groups in total. The van der Waals surface area contributed by atoms with Crippen molar-refractivity contribution in [2.24, 2.45) is 0 Å². The van der Waals surface area contributed by atoms with Crippen LogP contribution in [0.4, 0.5) is 35.3 Å². The zero-order valence-electron chi connectivity index (χ0n) is 20.3. The van der Waals surface area contributed by atoms with Gasteiger partial charge >= 0.3 is 18.2 Å². The molecule has 0 unspecified atom stereocenters. The van der Waals surface area contributed by atoms with E-state index in [-0.39, 0.29) is 30.0 Å². The van der Waals surface area contributed by atoms with Crippen LogP contribution in [0.1, 0.15) is 18.9 Å². The lowest BCUT2D eigenvalue weighted by molar-refractivity contribution is -0.137. The van der Waals surface area contributed by atoms with Crippen molar-refractivity contribution in [1.29, 1.82) is 0 Å². The first kappa shape index (κ1) is 25.7. The number of amides is 2. The van der Waals surface area contributed by atoms with Crippen LogP contribution in [-0.2, 0) is 6.18 Å². The van der Waals surface area contributed by atoms with Crippen molar-refractivity contribution in [3.05, 3.63) is 54.2 Å². The maximum atomic E-state index is 13.5. The van der Waals surface area contributed by atoms with Crippen LogP contribution in [0.3, 0.4) is 0 Å². The number of aliphatic hydroxyl groups excluding tert-OH is 1. The molecule has 13 heteroatoms. The molecule has 2 aromatic heterocycles. The molecule has 1 fully saturated rings. The molecule has 5 rings (SSSR count). The van der Waals surface area contributed by atoms with Crippen LogP contribution in [0.25, 0.3) is 11.3 Å². The topological polar surface area (TPSA) is 124 Å². The molecule has 0 saturated carbocycles. The number of nitrogens with zero attached hydrogens (tertiary/aromatic N) is 5. The quantitative estimate of drug-likeness (QED) is 0.444. The average Bonchev–Trinajstić information content (AvgIpc) is 3.31.